The molecule has 0 aliphatic carbocycles. The summed E-state index contributed by atoms with van der Waals surface area (Å²) in [6.07, 6.45) is 2.98. The second kappa shape index (κ2) is 6.05. The van der Waals surface area contributed by atoms with Crippen molar-refractivity contribution in [1.82, 2.24) is 5.32 Å². The van der Waals surface area contributed by atoms with Crippen LogP contribution in [0.2, 0.25) is 0 Å². The molecule has 1 fully saturated rings. The van der Waals surface area contributed by atoms with Crippen molar-refractivity contribution in [1.29, 1.82) is 0 Å². The summed E-state index contributed by atoms with van der Waals surface area (Å²) in [4.78, 5) is 0. The van der Waals surface area contributed by atoms with Crippen LogP contribution in [0.4, 0.5) is 4.39 Å². The van der Waals surface area contributed by atoms with Crippen LogP contribution in [0.15, 0.2) is 12.1 Å². The highest BCUT2D eigenvalue weighted by Gasteiger charge is 2.17. The van der Waals surface area contributed by atoms with E-state index in [1.54, 1.807) is 13.2 Å². The van der Waals surface area contributed by atoms with E-state index in [2.05, 4.69) is 5.32 Å². The molecule has 0 atom stereocenters. The quantitative estimate of drug-likeness (QED) is 0.893. The molecule has 2 rings (SSSR count). The third-order valence-corrected chi connectivity index (χ3v) is 3.52. The van der Waals surface area contributed by atoms with Gasteiger partial charge in [0.25, 0.3) is 0 Å². The van der Waals surface area contributed by atoms with Gasteiger partial charge in [-0.3, -0.25) is 0 Å². The van der Waals surface area contributed by atoms with Crippen molar-refractivity contribution in [2.75, 3.05) is 27.3 Å². The van der Waals surface area contributed by atoms with Crippen molar-refractivity contribution in [3.8, 4) is 11.5 Å². The molecule has 0 aromatic heterocycles. The van der Waals surface area contributed by atoms with Gasteiger partial charge in [0.1, 0.15) is 5.82 Å². The molecule has 0 saturated carbocycles. The van der Waals surface area contributed by atoms with Gasteiger partial charge in [-0.15, -0.1) is 0 Å². The van der Waals surface area contributed by atoms with Gasteiger partial charge in [-0.1, -0.05) is 0 Å². The molecule has 1 saturated heterocycles. The zero-order valence-electron chi connectivity index (χ0n) is 11.0. The number of hydrogen-bond donors (Lipinski definition) is 1. The van der Waals surface area contributed by atoms with Crippen LogP contribution in [0.25, 0.3) is 0 Å². The third-order valence-electron chi connectivity index (χ3n) is 3.52. The van der Waals surface area contributed by atoms with E-state index in [1.807, 2.05) is 0 Å². The molecule has 3 nitrogen and oxygen atoms in total. The van der Waals surface area contributed by atoms with Crippen molar-refractivity contribution >= 4 is 0 Å². The largest absolute Gasteiger partial charge is 0.493 e. The minimum Gasteiger partial charge on any atom is -0.493 e. The van der Waals surface area contributed by atoms with Crippen molar-refractivity contribution < 1.29 is 13.9 Å². The van der Waals surface area contributed by atoms with Crippen molar-refractivity contribution in [3.63, 3.8) is 0 Å². The van der Waals surface area contributed by atoms with Crippen LogP contribution in [0.1, 0.15) is 18.4 Å². The Balaban J connectivity index is 2.16. The van der Waals surface area contributed by atoms with Crippen LogP contribution in [0, 0.1) is 11.7 Å². The number of rotatable bonds is 4. The fourth-order valence-corrected chi connectivity index (χ4v) is 2.45. The third kappa shape index (κ3) is 2.93. The number of benzene rings is 1. The summed E-state index contributed by atoms with van der Waals surface area (Å²) >= 11 is 0. The van der Waals surface area contributed by atoms with Gasteiger partial charge in [0.2, 0.25) is 0 Å². The predicted octanol–water partition coefficient (Wildman–Crippen LogP) is 2.39. The summed E-state index contributed by atoms with van der Waals surface area (Å²) in [5.74, 6) is 1.40. The highest BCUT2D eigenvalue weighted by atomic mass is 19.1. The second-order valence-electron chi connectivity index (χ2n) is 4.70. The van der Waals surface area contributed by atoms with Crippen molar-refractivity contribution in [3.05, 3.63) is 23.5 Å². The van der Waals surface area contributed by atoms with E-state index in [9.17, 15) is 4.39 Å². The molecule has 1 aromatic rings. The molecule has 1 heterocycles. The average molecular weight is 253 g/mol. The normalized spacial score (nSPS) is 16.6. The molecule has 18 heavy (non-hydrogen) atoms. The Hall–Kier alpha value is -1.29. The van der Waals surface area contributed by atoms with E-state index >= 15 is 0 Å². The van der Waals surface area contributed by atoms with Gasteiger partial charge < -0.3 is 14.8 Å². The Morgan fingerprint density at radius 2 is 1.78 bits per heavy atom. The Morgan fingerprint density at radius 3 is 2.39 bits per heavy atom. The number of nitrogens with one attached hydrogen (secondary N) is 1. The van der Waals surface area contributed by atoms with E-state index in [0.29, 0.717) is 17.4 Å². The molecule has 0 unspecified atom stereocenters. The maximum atomic E-state index is 14.0. The fraction of sp³-hybridized carbons (Fsp3) is 0.571. The van der Waals surface area contributed by atoms with E-state index in [-0.39, 0.29) is 5.82 Å². The molecule has 0 spiro atoms. The number of piperidine rings is 1. The number of methoxy groups -OCH3 is 2. The lowest BCUT2D eigenvalue weighted by Crippen LogP contribution is -2.28. The SMILES string of the molecule is COc1cc(F)c(CC2CCNCC2)cc1OC. The van der Waals surface area contributed by atoms with Crippen LogP contribution in [-0.4, -0.2) is 27.3 Å². The van der Waals surface area contributed by atoms with Crippen molar-refractivity contribution in [2.24, 2.45) is 5.92 Å². The highest BCUT2D eigenvalue weighted by Crippen LogP contribution is 2.31. The Kier molecular flexibility index (Phi) is 4.42. The zero-order chi connectivity index (χ0) is 13.0. The van der Waals surface area contributed by atoms with Gasteiger partial charge >= 0.3 is 0 Å². The molecule has 1 aliphatic heterocycles. The van der Waals surface area contributed by atoms with Crippen LogP contribution in [-0.2, 0) is 6.42 Å². The first-order valence-electron chi connectivity index (χ1n) is 6.35. The number of hydrogen-bond acceptors (Lipinski definition) is 3. The van der Waals surface area contributed by atoms with Crippen LogP contribution < -0.4 is 14.8 Å². The maximum Gasteiger partial charge on any atom is 0.163 e. The molecule has 0 bridgehead atoms. The molecule has 1 N–H and O–H groups in total. The molecular weight excluding hydrogens is 233 g/mol. The van der Waals surface area contributed by atoms with E-state index in [4.69, 9.17) is 9.47 Å². The van der Waals surface area contributed by atoms with E-state index in [1.165, 1.54) is 13.2 Å². The van der Waals surface area contributed by atoms with Gasteiger partial charge in [0, 0.05) is 6.07 Å². The van der Waals surface area contributed by atoms with Gasteiger partial charge in [0.05, 0.1) is 14.2 Å². The molecule has 4 heteroatoms. The Morgan fingerprint density at radius 1 is 1.17 bits per heavy atom. The van der Waals surface area contributed by atoms with Crippen LogP contribution in [0.5, 0.6) is 11.5 Å². The lowest BCUT2D eigenvalue weighted by Gasteiger charge is -2.23. The summed E-state index contributed by atoms with van der Waals surface area (Å²) in [6.45, 7) is 2.05. The molecule has 1 aliphatic rings. The lowest BCUT2D eigenvalue weighted by atomic mass is 9.90. The first kappa shape index (κ1) is 13.1. The van der Waals surface area contributed by atoms with Crippen molar-refractivity contribution in [2.45, 2.75) is 19.3 Å². The minimum atomic E-state index is -0.203. The van der Waals surface area contributed by atoms with E-state index in [0.717, 1.165) is 37.9 Å². The lowest BCUT2D eigenvalue weighted by molar-refractivity contribution is 0.346. The molecular formula is C14H20FNO2. The predicted molar refractivity (Wildman–Crippen MR) is 68.8 cm³/mol. The Labute approximate surface area is 107 Å². The highest BCUT2D eigenvalue weighted by molar-refractivity contribution is 5.43. The second-order valence-corrected chi connectivity index (χ2v) is 4.70. The minimum absolute atomic E-state index is 0.203. The number of ether oxygens (including phenoxy) is 2. The summed E-state index contributed by atoms with van der Waals surface area (Å²) in [6, 6.07) is 3.17. The molecule has 0 amide bonds. The molecule has 1 aromatic carbocycles. The van der Waals surface area contributed by atoms with E-state index < -0.39 is 0 Å². The first-order valence-corrected chi connectivity index (χ1v) is 6.35. The fourth-order valence-electron chi connectivity index (χ4n) is 2.45. The van der Waals surface area contributed by atoms with Gasteiger partial charge in [-0.05, 0) is 49.9 Å². The maximum absolute atomic E-state index is 14.0. The molecule has 100 valence electrons. The summed E-state index contributed by atoms with van der Waals surface area (Å²) in [5, 5.41) is 3.32. The summed E-state index contributed by atoms with van der Waals surface area (Å²) in [7, 11) is 3.09. The van der Waals surface area contributed by atoms with Gasteiger partial charge in [-0.2, -0.15) is 0 Å². The first-order chi connectivity index (χ1) is 8.74. The average Bonchev–Trinajstić information content (AvgIpc) is 2.41. The number of halogens is 1. The summed E-state index contributed by atoms with van der Waals surface area (Å²) < 4.78 is 24.3. The topological polar surface area (TPSA) is 30.5 Å². The van der Waals surface area contributed by atoms with Crippen LogP contribution in [0.3, 0.4) is 0 Å². The van der Waals surface area contributed by atoms with Gasteiger partial charge in [-0.25, -0.2) is 4.39 Å². The van der Waals surface area contributed by atoms with Gasteiger partial charge in [0.15, 0.2) is 11.5 Å². The summed E-state index contributed by atoms with van der Waals surface area (Å²) in [5.41, 5.74) is 0.722. The standard InChI is InChI=1S/C14H20FNO2/c1-17-13-8-11(12(15)9-14(13)18-2)7-10-3-5-16-6-4-10/h8-10,16H,3-7H2,1-2H3. The smallest absolute Gasteiger partial charge is 0.163 e. The zero-order valence-corrected chi connectivity index (χ0v) is 11.0. The monoisotopic (exact) mass is 253 g/mol. The molecule has 0 radical (unpaired) electrons. The Bertz CT molecular complexity index is 403. The van der Waals surface area contributed by atoms with Crippen LogP contribution >= 0.6 is 0 Å².